The van der Waals surface area contributed by atoms with Gasteiger partial charge >= 0.3 is 5.97 Å². The summed E-state index contributed by atoms with van der Waals surface area (Å²) in [6.07, 6.45) is 5.81. The molecule has 0 spiro atoms. The Labute approximate surface area is 238 Å². The van der Waals surface area contributed by atoms with Crippen molar-refractivity contribution in [2.45, 2.75) is 38.1 Å². The summed E-state index contributed by atoms with van der Waals surface area (Å²) in [6, 6.07) is 34.4. The summed E-state index contributed by atoms with van der Waals surface area (Å²) in [6.45, 7) is 0. The normalized spacial score (nSPS) is 14.0. The van der Waals surface area contributed by atoms with Crippen LogP contribution in [0.1, 0.15) is 48.5 Å². The Kier molecular flexibility index (Phi) is 6.44. The van der Waals surface area contributed by atoms with Gasteiger partial charge in [0.15, 0.2) is 0 Å². The highest BCUT2D eigenvalue weighted by atomic mass is 16.4. The number of imidazole rings is 1. The Morgan fingerprint density at radius 1 is 0.756 bits per heavy atom. The van der Waals surface area contributed by atoms with Crippen molar-refractivity contribution < 1.29 is 9.90 Å². The van der Waals surface area contributed by atoms with Crippen LogP contribution >= 0.6 is 0 Å². The third-order valence-electron chi connectivity index (χ3n) is 8.07. The number of fused-ring (bicyclic) bond motifs is 2. The number of carbonyl (C=O) groups is 1. The van der Waals surface area contributed by atoms with E-state index >= 15 is 0 Å². The van der Waals surface area contributed by atoms with Crippen LogP contribution in [0.5, 0.6) is 0 Å². The number of nitrogens with one attached hydrogen (secondary N) is 1. The van der Waals surface area contributed by atoms with Gasteiger partial charge in [-0.2, -0.15) is 0 Å². The number of aromatic nitrogens is 3. The number of carboxylic acid groups (broad SMARTS) is 1. The number of para-hydroxylation sites is 1. The molecule has 0 aliphatic heterocycles. The first kappa shape index (κ1) is 25.0. The SMILES string of the molecule is O=C(O)c1ccc2c(c1)nc(-c1ccc3nc(-c4ccccc4)cc(Nc4ccccc4)c3c1)n2C1CCCCC1. The molecule has 4 aromatic carbocycles. The second-order valence-electron chi connectivity index (χ2n) is 10.7. The quantitative estimate of drug-likeness (QED) is 0.221. The largest absolute Gasteiger partial charge is 0.478 e. The van der Waals surface area contributed by atoms with E-state index in [4.69, 9.17) is 9.97 Å². The van der Waals surface area contributed by atoms with Crippen LogP contribution in [0.25, 0.3) is 44.6 Å². The highest BCUT2D eigenvalue weighted by Crippen LogP contribution is 2.38. The van der Waals surface area contributed by atoms with Gasteiger partial charge in [-0.15, -0.1) is 0 Å². The number of anilines is 2. The van der Waals surface area contributed by atoms with E-state index in [1.165, 1.54) is 19.3 Å². The molecule has 2 N–H and O–H groups in total. The topological polar surface area (TPSA) is 80.0 Å². The van der Waals surface area contributed by atoms with Gasteiger partial charge in [-0.3, -0.25) is 0 Å². The molecule has 202 valence electrons. The highest BCUT2D eigenvalue weighted by molar-refractivity contribution is 5.98. The van der Waals surface area contributed by atoms with Gasteiger partial charge in [0.2, 0.25) is 0 Å². The molecule has 0 saturated heterocycles. The lowest BCUT2D eigenvalue weighted by molar-refractivity contribution is 0.0697. The molecule has 41 heavy (non-hydrogen) atoms. The molecule has 1 aliphatic rings. The Hall–Kier alpha value is -4.97. The smallest absolute Gasteiger partial charge is 0.335 e. The molecule has 6 nitrogen and oxygen atoms in total. The van der Waals surface area contributed by atoms with Crippen LogP contribution in [0.15, 0.2) is 103 Å². The van der Waals surface area contributed by atoms with Gasteiger partial charge in [0.25, 0.3) is 0 Å². The predicted molar refractivity (Wildman–Crippen MR) is 165 cm³/mol. The van der Waals surface area contributed by atoms with E-state index in [1.54, 1.807) is 12.1 Å². The van der Waals surface area contributed by atoms with E-state index in [-0.39, 0.29) is 5.56 Å². The molecule has 2 aromatic heterocycles. The molecule has 0 atom stereocenters. The first-order valence-electron chi connectivity index (χ1n) is 14.2. The lowest BCUT2D eigenvalue weighted by atomic mass is 9.94. The van der Waals surface area contributed by atoms with Crippen molar-refractivity contribution in [1.82, 2.24) is 14.5 Å². The molecule has 0 unspecified atom stereocenters. The highest BCUT2D eigenvalue weighted by Gasteiger charge is 2.23. The minimum Gasteiger partial charge on any atom is -0.478 e. The molecule has 7 rings (SSSR count). The summed E-state index contributed by atoms with van der Waals surface area (Å²) >= 11 is 0. The van der Waals surface area contributed by atoms with Crippen molar-refractivity contribution in [3.05, 3.63) is 109 Å². The lowest BCUT2D eigenvalue weighted by Gasteiger charge is -2.26. The fourth-order valence-electron chi connectivity index (χ4n) is 6.05. The van der Waals surface area contributed by atoms with Crippen LogP contribution < -0.4 is 5.32 Å². The number of pyridine rings is 1. The van der Waals surface area contributed by atoms with Crippen LogP contribution in [-0.4, -0.2) is 25.6 Å². The van der Waals surface area contributed by atoms with Gasteiger partial charge in [0.05, 0.1) is 33.5 Å². The first-order valence-corrected chi connectivity index (χ1v) is 14.2. The predicted octanol–water partition coefficient (Wildman–Crippen LogP) is 8.87. The van der Waals surface area contributed by atoms with Gasteiger partial charge in [-0.05, 0) is 67.4 Å². The second-order valence-corrected chi connectivity index (χ2v) is 10.7. The Bertz CT molecular complexity index is 1870. The van der Waals surface area contributed by atoms with Crippen molar-refractivity contribution in [1.29, 1.82) is 0 Å². The summed E-state index contributed by atoms with van der Waals surface area (Å²) in [4.78, 5) is 21.8. The summed E-state index contributed by atoms with van der Waals surface area (Å²) in [5, 5.41) is 14.2. The standard InChI is InChI=1S/C35H30N4O2/c40-35(41)25-17-19-33-32(21-25)38-34(39(33)27-14-8-3-9-15-27)24-16-18-29-28(20-24)31(36-26-12-6-2-7-13-26)22-30(37-29)23-10-4-1-5-11-23/h1-2,4-7,10-13,16-22,27H,3,8-9,14-15H2,(H,36,37)(H,40,41). The molecule has 6 heteroatoms. The maximum absolute atomic E-state index is 11.7. The number of hydrogen-bond donors (Lipinski definition) is 2. The van der Waals surface area contributed by atoms with E-state index in [9.17, 15) is 9.90 Å². The van der Waals surface area contributed by atoms with E-state index in [0.717, 1.165) is 63.3 Å². The Balaban J connectivity index is 1.42. The fraction of sp³-hybridized carbons (Fsp3) is 0.171. The molecule has 1 saturated carbocycles. The number of nitrogens with zero attached hydrogens (tertiary/aromatic N) is 3. The van der Waals surface area contributed by atoms with E-state index in [1.807, 2.05) is 42.5 Å². The van der Waals surface area contributed by atoms with Crippen molar-refractivity contribution >= 4 is 39.3 Å². The summed E-state index contributed by atoms with van der Waals surface area (Å²) in [5.74, 6) is -0.0718. The zero-order chi connectivity index (χ0) is 27.8. The zero-order valence-electron chi connectivity index (χ0n) is 22.6. The lowest BCUT2D eigenvalue weighted by Crippen LogP contribution is -2.14. The summed E-state index contributed by atoms with van der Waals surface area (Å²) in [7, 11) is 0. The van der Waals surface area contributed by atoms with Crippen molar-refractivity contribution in [2.75, 3.05) is 5.32 Å². The monoisotopic (exact) mass is 538 g/mol. The maximum Gasteiger partial charge on any atom is 0.335 e. The number of carboxylic acids is 1. The summed E-state index contributed by atoms with van der Waals surface area (Å²) in [5.41, 5.74) is 7.76. The molecule has 0 bridgehead atoms. The van der Waals surface area contributed by atoms with Gasteiger partial charge in [-0.1, -0.05) is 67.8 Å². The van der Waals surface area contributed by atoms with Crippen molar-refractivity contribution in [2.24, 2.45) is 0 Å². The van der Waals surface area contributed by atoms with Gasteiger partial charge in [-0.25, -0.2) is 14.8 Å². The number of benzene rings is 4. The van der Waals surface area contributed by atoms with Crippen LogP contribution in [0.4, 0.5) is 11.4 Å². The van der Waals surface area contributed by atoms with Gasteiger partial charge < -0.3 is 15.0 Å². The van der Waals surface area contributed by atoms with Crippen LogP contribution in [0.2, 0.25) is 0 Å². The molecule has 1 fully saturated rings. The van der Waals surface area contributed by atoms with E-state index < -0.39 is 5.97 Å². The van der Waals surface area contributed by atoms with Crippen molar-refractivity contribution in [3.63, 3.8) is 0 Å². The molecule has 6 aromatic rings. The third-order valence-corrected chi connectivity index (χ3v) is 8.07. The maximum atomic E-state index is 11.7. The Morgan fingerprint density at radius 2 is 1.51 bits per heavy atom. The minimum absolute atomic E-state index is 0.253. The van der Waals surface area contributed by atoms with Crippen molar-refractivity contribution in [3.8, 4) is 22.6 Å². The van der Waals surface area contributed by atoms with Gasteiger partial charge in [0, 0.05) is 28.2 Å². The van der Waals surface area contributed by atoms with Crippen LogP contribution in [0, 0.1) is 0 Å². The number of rotatable bonds is 6. The molecule has 2 heterocycles. The van der Waals surface area contributed by atoms with Crippen LogP contribution in [0.3, 0.4) is 0 Å². The molecular formula is C35H30N4O2. The molecule has 0 radical (unpaired) electrons. The molecular weight excluding hydrogens is 508 g/mol. The average molecular weight is 539 g/mol. The van der Waals surface area contributed by atoms with E-state index in [2.05, 4.69) is 58.4 Å². The number of aromatic carboxylic acids is 1. The minimum atomic E-state index is -0.941. The Morgan fingerprint density at radius 3 is 2.27 bits per heavy atom. The zero-order valence-corrected chi connectivity index (χ0v) is 22.6. The number of hydrogen-bond acceptors (Lipinski definition) is 4. The average Bonchev–Trinajstić information content (AvgIpc) is 3.41. The fourth-order valence-corrected chi connectivity index (χ4v) is 6.05. The van der Waals surface area contributed by atoms with Crippen LogP contribution in [-0.2, 0) is 0 Å². The molecule has 1 aliphatic carbocycles. The second kappa shape index (κ2) is 10.5. The van der Waals surface area contributed by atoms with Gasteiger partial charge in [0.1, 0.15) is 5.82 Å². The third kappa shape index (κ3) is 4.82. The van der Waals surface area contributed by atoms with E-state index in [0.29, 0.717) is 11.6 Å². The first-order chi connectivity index (χ1) is 20.1. The summed E-state index contributed by atoms with van der Waals surface area (Å²) < 4.78 is 2.34. The molecule has 0 amide bonds.